The van der Waals surface area contributed by atoms with Crippen LogP contribution in [0.5, 0.6) is 17.2 Å². The van der Waals surface area contributed by atoms with Gasteiger partial charge in [-0.2, -0.15) is 0 Å². The van der Waals surface area contributed by atoms with E-state index in [1.165, 1.54) is 0 Å². The van der Waals surface area contributed by atoms with Crippen LogP contribution in [0.2, 0.25) is 0 Å². The van der Waals surface area contributed by atoms with Gasteiger partial charge in [-0.05, 0) is 54.4 Å². The first-order chi connectivity index (χ1) is 14.1. The largest absolute Gasteiger partial charge is 0.493 e. The molecule has 0 aliphatic rings. The van der Waals surface area contributed by atoms with Gasteiger partial charge >= 0.3 is 5.97 Å². The lowest BCUT2D eigenvalue weighted by molar-refractivity contribution is -0.147. The van der Waals surface area contributed by atoms with Gasteiger partial charge in [0.2, 0.25) is 0 Å². The molecule has 0 spiro atoms. The molecule has 0 radical (unpaired) electrons. The molecule has 1 heterocycles. The third-order valence-electron chi connectivity index (χ3n) is 4.10. The molecule has 6 nitrogen and oxygen atoms in total. The zero-order valence-corrected chi connectivity index (χ0v) is 16.5. The van der Waals surface area contributed by atoms with E-state index in [-0.39, 0.29) is 13.2 Å². The van der Waals surface area contributed by atoms with Crippen LogP contribution in [0.1, 0.15) is 16.8 Å². The highest BCUT2D eigenvalue weighted by Gasteiger charge is 2.09. The van der Waals surface area contributed by atoms with Crippen molar-refractivity contribution in [3.05, 3.63) is 83.7 Å². The minimum absolute atomic E-state index is 0.160. The normalized spacial score (nSPS) is 10.3. The molecule has 3 rings (SSSR count). The SMILES string of the molecule is COc1cc(C)ccc1OCC(=O)OCc1ccc(OCc2ccccn2)cc1. The van der Waals surface area contributed by atoms with Crippen LogP contribution in [-0.4, -0.2) is 24.7 Å². The number of aryl methyl sites for hydroxylation is 1. The molecule has 29 heavy (non-hydrogen) atoms. The topological polar surface area (TPSA) is 66.9 Å². The molecule has 150 valence electrons. The third kappa shape index (κ3) is 6.24. The molecule has 1 aromatic heterocycles. The van der Waals surface area contributed by atoms with Gasteiger partial charge in [0.25, 0.3) is 0 Å². The maximum Gasteiger partial charge on any atom is 0.344 e. The molecule has 0 aliphatic heterocycles. The summed E-state index contributed by atoms with van der Waals surface area (Å²) in [5.41, 5.74) is 2.76. The average molecular weight is 393 g/mol. The van der Waals surface area contributed by atoms with E-state index in [0.29, 0.717) is 18.1 Å². The van der Waals surface area contributed by atoms with Crippen molar-refractivity contribution in [1.29, 1.82) is 0 Å². The van der Waals surface area contributed by atoms with Gasteiger partial charge < -0.3 is 18.9 Å². The second kappa shape index (κ2) is 10.1. The van der Waals surface area contributed by atoms with E-state index in [1.807, 2.05) is 61.5 Å². The maximum absolute atomic E-state index is 12.0. The number of esters is 1. The Morgan fingerprint density at radius 1 is 0.931 bits per heavy atom. The van der Waals surface area contributed by atoms with Crippen molar-refractivity contribution in [3.8, 4) is 17.2 Å². The summed E-state index contributed by atoms with van der Waals surface area (Å²) >= 11 is 0. The first kappa shape index (κ1) is 20.2. The van der Waals surface area contributed by atoms with Crippen molar-refractivity contribution >= 4 is 5.97 Å². The average Bonchev–Trinajstić information content (AvgIpc) is 2.76. The fourth-order valence-corrected chi connectivity index (χ4v) is 2.56. The molecule has 2 aromatic carbocycles. The Hall–Kier alpha value is -3.54. The van der Waals surface area contributed by atoms with Crippen molar-refractivity contribution < 1.29 is 23.7 Å². The van der Waals surface area contributed by atoms with E-state index in [2.05, 4.69) is 4.98 Å². The molecule has 0 amide bonds. The summed E-state index contributed by atoms with van der Waals surface area (Å²) in [5.74, 6) is 1.35. The summed E-state index contributed by atoms with van der Waals surface area (Å²) in [6.45, 7) is 2.32. The number of carbonyl (C=O) groups is 1. The highest BCUT2D eigenvalue weighted by atomic mass is 16.6. The summed E-state index contributed by atoms with van der Waals surface area (Å²) in [6.07, 6.45) is 1.73. The highest BCUT2D eigenvalue weighted by Crippen LogP contribution is 2.27. The molecule has 3 aromatic rings. The van der Waals surface area contributed by atoms with Crippen LogP contribution in [0.4, 0.5) is 0 Å². The second-order valence-corrected chi connectivity index (χ2v) is 6.36. The Morgan fingerprint density at radius 2 is 1.76 bits per heavy atom. The summed E-state index contributed by atoms with van der Waals surface area (Å²) < 4.78 is 21.7. The van der Waals surface area contributed by atoms with Gasteiger partial charge in [-0.15, -0.1) is 0 Å². The fraction of sp³-hybridized carbons (Fsp3) is 0.217. The van der Waals surface area contributed by atoms with Crippen molar-refractivity contribution in [1.82, 2.24) is 4.98 Å². The number of rotatable bonds is 9. The minimum atomic E-state index is -0.455. The Labute approximate surface area is 170 Å². The lowest BCUT2D eigenvalue weighted by Crippen LogP contribution is -2.15. The molecular formula is C23H23NO5. The molecule has 6 heteroatoms. The van der Waals surface area contributed by atoms with Crippen LogP contribution in [-0.2, 0) is 22.7 Å². The van der Waals surface area contributed by atoms with Crippen LogP contribution in [0.25, 0.3) is 0 Å². The van der Waals surface area contributed by atoms with Crippen LogP contribution < -0.4 is 14.2 Å². The van der Waals surface area contributed by atoms with Gasteiger partial charge in [-0.1, -0.05) is 24.3 Å². The number of hydrogen-bond acceptors (Lipinski definition) is 6. The number of pyridine rings is 1. The maximum atomic E-state index is 12.0. The van der Waals surface area contributed by atoms with Gasteiger partial charge in [0, 0.05) is 6.20 Å². The van der Waals surface area contributed by atoms with Crippen LogP contribution >= 0.6 is 0 Å². The van der Waals surface area contributed by atoms with Gasteiger partial charge in [-0.3, -0.25) is 4.98 Å². The van der Waals surface area contributed by atoms with Gasteiger partial charge in [-0.25, -0.2) is 4.79 Å². The standard InChI is InChI=1S/C23H23NO5/c1-17-6-11-21(22(13-17)26-2)28-16-23(25)29-14-18-7-9-20(10-8-18)27-15-19-5-3-4-12-24-19/h3-13H,14-16H2,1-2H3. The molecule has 0 N–H and O–H groups in total. The first-order valence-corrected chi connectivity index (χ1v) is 9.19. The number of benzene rings is 2. The van der Waals surface area contributed by atoms with E-state index >= 15 is 0 Å². The monoisotopic (exact) mass is 393 g/mol. The van der Waals surface area contributed by atoms with E-state index in [0.717, 1.165) is 22.6 Å². The number of methoxy groups -OCH3 is 1. The molecule has 0 unspecified atom stereocenters. The third-order valence-corrected chi connectivity index (χ3v) is 4.10. The summed E-state index contributed by atoms with van der Waals surface area (Å²) in [4.78, 5) is 16.2. The smallest absolute Gasteiger partial charge is 0.344 e. The highest BCUT2D eigenvalue weighted by molar-refractivity contribution is 5.71. The first-order valence-electron chi connectivity index (χ1n) is 9.19. The lowest BCUT2D eigenvalue weighted by Gasteiger charge is -2.11. The lowest BCUT2D eigenvalue weighted by atomic mass is 10.2. The van der Waals surface area contributed by atoms with E-state index in [9.17, 15) is 4.79 Å². The van der Waals surface area contributed by atoms with Crippen LogP contribution in [0, 0.1) is 6.92 Å². The Bertz CT molecular complexity index is 926. The Kier molecular flexibility index (Phi) is 7.05. The molecule has 0 atom stereocenters. The Morgan fingerprint density at radius 3 is 2.48 bits per heavy atom. The summed E-state index contributed by atoms with van der Waals surface area (Å²) in [7, 11) is 1.56. The zero-order chi connectivity index (χ0) is 20.5. The van der Waals surface area contributed by atoms with Crippen molar-refractivity contribution in [2.75, 3.05) is 13.7 Å². The fourth-order valence-electron chi connectivity index (χ4n) is 2.56. The Balaban J connectivity index is 1.43. The minimum Gasteiger partial charge on any atom is -0.493 e. The summed E-state index contributed by atoms with van der Waals surface area (Å²) in [6, 6.07) is 18.6. The molecule has 0 fully saturated rings. The molecule has 0 aliphatic carbocycles. The quantitative estimate of drug-likeness (QED) is 0.510. The van der Waals surface area contributed by atoms with Crippen molar-refractivity contribution in [2.24, 2.45) is 0 Å². The van der Waals surface area contributed by atoms with Crippen molar-refractivity contribution in [3.63, 3.8) is 0 Å². The van der Waals surface area contributed by atoms with E-state index in [4.69, 9.17) is 18.9 Å². The predicted octanol–water partition coefficient (Wildman–Crippen LogP) is 4.10. The number of carbonyl (C=O) groups excluding carboxylic acids is 1. The van der Waals surface area contributed by atoms with Gasteiger partial charge in [0.05, 0.1) is 12.8 Å². The zero-order valence-electron chi connectivity index (χ0n) is 16.5. The molecule has 0 saturated carbocycles. The molecular weight excluding hydrogens is 370 g/mol. The van der Waals surface area contributed by atoms with Gasteiger partial charge in [0.15, 0.2) is 18.1 Å². The van der Waals surface area contributed by atoms with Crippen LogP contribution in [0.3, 0.4) is 0 Å². The van der Waals surface area contributed by atoms with Crippen molar-refractivity contribution in [2.45, 2.75) is 20.1 Å². The second-order valence-electron chi connectivity index (χ2n) is 6.36. The molecule has 0 bridgehead atoms. The van der Waals surface area contributed by atoms with Gasteiger partial charge in [0.1, 0.15) is 19.0 Å². The predicted molar refractivity (Wildman–Crippen MR) is 108 cm³/mol. The summed E-state index contributed by atoms with van der Waals surface area (Å²) in [5, 5.41) is 0. The molecule has 0 saturated heterocycles. The van der Waals surface area contributed by atoms with E-state index < -0.39 is 5.97 Å². The number of nitrogens with zero attached hydrogens (tertiary/aromatic N) is 1. The van der Waals surface area contributed by atoms with E-state index in [1.54, 1.807) is 19.4 Å². The number of ether oxygens (including phenoxy) is 4. The number of hydrogen-bond donors (Lipinski definition) is 0. The van der Waals surface area contributed by atoms with Crippen LogP contribution in [0.15, 0.2) is 66.9 Å². The number of aromatic nitrogens is 1.